The Morgan fingerprint density at radius 3 is 2.94 bits per heavy atom. The minimum atomic E-state index is -0.105. The molecule has 0 saturated carbocycles. The average molecular weight is 300 g/mol. The van der Waals surface area contributed by atoms with Crippen LogP contribution in [0.1, 0.15) is 10.4 Å². The van der Waals surface area contributed by atoms with E-state index in [-0.39, 0.29) is 12.0 Å². The molecule has 1 saturated heterocycles. The van der Waals surface area contributed by atoms with Crippen LogP contribution >= 0.6 is 15.9 Å². The summed E-state index contributed by atoms with van der Waals surface area (Å²) in [6.45, 7) is 2.24. The number of carbonyl (C=O) groups is 1. The van der Waals surface area contributed by atoms with Crippen molar-refractivity contribution in [3.05, 3.63) is 34.3 Å². The van der Waals surface area contributed by atoms with E-state index in [1.165, 1.54) is 0 Å². The zero-order valence-electron chi connectivity index (χ0n) is 9.32. The van der Waals surface area contributed by atoms with Gasteiger partial charge in [0.1, 0.15) is 0 Å². The molecule has 1 aliphatic rings. The van der Waals surface area contributed by atoms with Crippen LogP contribution in [0.3, 0.4) is 0 Å². The Hall–Kier alpha value is -0.910. The van der Waals surface area contributed by atoms with Crippen molar-refractivity contribution in [1.82, 2.24) is 5.32 Å². The van der Waals surface area contributed by atoms with Crippen LogP contribution in [0, 0.1) is 0 Å². The molecular formula is C12H14BrNO3. The summed E-state index contributed by atoms with van der Waals surface area (Å²) in [6, 6.07) is 7.33. The van der Waals surface area contributed by atoms with Crippen molar-refractivity contribution in [2.24, 2.45) is 0 Å². The Labute approximate surface area is 108 Å². The van der Waals surface area contributed by atoms with Crippen molar-refractivity contribution in [2.75, 3.05) is 26.4 Å². The Balaban J connectivity index is 1.87. The van der Waals surface area contributed by atoms with Crippen LogP contribution in [0.25, 0.3) is 0 Å². The molecule has 1 atom stereocenters. The highest BCUT2D eigenvalue weighted by Gasteiger charge is 2.16. The van der Waals surface area contributed by atoms with Crippen LogP contribution in [0.5, 0.6) is 0 Å². The summed E-state index contributed by atoms with van der Waals surface area (Å²) >= 11 is 3.35. The standard InChI is InChI=1S/C12H14BrNO3/c13-11-4-2-1-3-10(11)12(15)14-7-9-8-16-5-6-17-9/h1-4,9H,5-8H2,(H,14,15). The van der Waals surface area contributed by atoms with Gasteiger partial charge < -0.3 is 14.8 Å². The quantitative estimate of drug-likeness (QED) is 0.922. The smallest absolute Gasteiger partial charge is 0.252 e. The third-order valence-electron chi connectivity index (χ3n) is 2.49. The van der Waals surface area contributed by atoms with Crippen molar-refractivity contribution in [3.63, 3.8) is 0 Å². The van der Waals surface area contributed by atoms with Gasteiger partial charge in [0.15, 0.2) is 0 Å². The number of ether oxygens (including phenoxy) is 2. The second-order valence-corrected chi connectivity index (χ2v) is 4.61. The Bertz CT molecular complexity index is 391. The van der Waals surface area contributed by atoms with Gasteiger partial charge in [-0.15, -0.1) is 0 Å². The van der Waals surface area contributed by atoms with E-state index in [1.54, 1.807) is 6.07 Å². The molecule has 4 nitrogen and oxygen atoms in total. The molecule has 0 aromatic heterocycles. The van der Waals surface area contributed by atoms with Crippen molar-refractivity contribution in [1.29, 1.82) is 0 Å². The van der Waals surface area contributed by atoms with Crippen molar-refractivity contribution < 1.29 is 14.3 Å². The summed E-state index contributed by atoms with van der Waals surface area (Å²) in [5.74, 6) is -0.105. The molecule has 1 aromatic carbocycles. The average Bonchev–Trinajstić information content (AvgIpc) is 2.38. The van der Waals surface area contributed by atoms with Gasteiger partial charge in [-0.1, -0.05) is 12.1 Å². The first-order valence-electron chi connectivity index (χ1n) is 5.49. The molecule has 1 amide bonds. The fourth-order valence-corrected chi connectivity index (χ4v) is 2.07. The lowest BCUT2D eigenvalue weighted by Gasteiger charge is -2.23. The predicted molar refractivity (Wildman–Crippen MR) is 67.0 cm³/mol. The lowest BCUT2D eigenvalue weighted by Crippen LogP contribution is -2.39. The van der Waals surface area contributed by atoms with Crippen LogP contribution in [0.4, 0.5) is 0 Å². The largest absolute Gasteiger partial charge is 0.376 e. The molecule has 1 N–H and O–H groups in total. The van der Waals surface area contributed by atoms with Crippen LogP contribution in [-0.2, 0) is 9.47 Å². The van der Waals surface area contributed by atoms with E-state index in [0.29, 0.717) is 31.9 Å². The normalized spacial score (nSPS) is 19.9. The molecule has 2 rings (SSSR count). The summed E-state index contributed by atoms with van der Waals surface area (Å²) < 4.78 is 11.5. The Morgan fingerprint density at radius 1 is 1.41 bits per heavy atom. The minimum Gasteiger partial charge on any atom is -0.376 e. The van der Waals surface area contributed by atoms with Gasteiger partial charge in [0, 0.05) is 11.0 Å². The first-order valence-corrected chi connectivity index (χ1v) is 6.29. The van der Waals surface area contributed by atoms with Gasteiger partial charge in [0.2, 0.25) is 0 Å². The SMILES string of the molecule is O=C(NCC1COCCO1)c1ccccc1Br. The monoisotopic (exact) mass is 299 g/mol. The third-order valence-corrected chi connectivity index (χ3v) is 3.19. The second kappa shape index (κ2) is 6.14. The minimum absolute atomic E-state index is 0.0461. The summed E-state index contributed by atoms with van der Waals surface area (Å²) in [4.78, 5) is 11.9. The molecule has 0 spiro atoms. The lowest BCUT2D eigenvalue weighted by atomic mass is 10.2. The van der Waals surface area contributed by atoms with Gasteiger partial charge in [-0.05, 0) is 28.1 Å². The Morgan fingerprint density at radius 2 is 2.24 bits per heavy atom. The van der Waals surface area contributed by atoms with E-state index < -0.39 is 0 Å². The highest BCUT2D eigenvalue weighted by Crippen LogP contribution is 2.15. The maximum atomic E-state index is 11.9. The van der Waals surface area contributed by atoms with E-state index >= 15 is 0 Å². The van der Waals surface area contributed by atoms with Crippen molar-refractivity contribution in [2.45, 2.75) is 6.10 Å². The van der Waals surface area contributed by atoms with Crippen LogP contribution < -0.4 is 5.32 Å². The van der Waals surface area contributed by atoms with Crippen LogP contribution in [0.15, 0.2) is 28.7 Å². The van der Waals surface area contributed by atoms with E-state index in [0.717, 1.165) is 4.47 Å². The van der Waals surface area contributed by atoms with E-state index in [9.17, 15) is 4.79 Å². The van der Waals surface area contributed by atoms with Gasteiger partial charge >= 0.3 is 0 Å². The summed E-state index contributed by atoms with van der Waals surface area (Å²) in [5.41, 5.74) is 0.629. The highest BCUT2D eigenvalue weighted by molar-refractivity contribution is 9.10. The molecule has 0 aliphatic carbocycles. The van der Waals surface area contributed by atoms with Gasteiger partial charge in [-0.3, -0.25) is 4.79 Å². The van der Waals surface area contributed by atoms with Crippen molar-refractivity contribution >= 4 is 21.8 Å². The predicted octanol–water partition coefficient (Wildman–Crippen LogP) is 1.59. The lowest BCUT2D eigenvalue weighted by molar-refractivity contribution is -0.0855. The van der Waals surface area contributed by atoms with E-state index in [1.807, 2.05) is 18.2 Å². The Kier molecular flexibility index (Phi) is 4.53. The molecule has 1 heterocycles. The van der Waals surface area contributed by atoms with E-state index in [4.69, 9.17) is 9.47 Å². The van der Waals surface area contributed by atoms with Gasteiger partial charge in [-0.25, -0.2) is 0 Å². The number of hydrogen-bond donors (Lipinski definition) is 1. The number of benzene rings is 1. The zero-order valence-corrected chi connectivity index (χ0v) is 10.9. The van der Waals surface area contributed by atoms with Gasteiger partial charge in [0.25, 0.3) is 5.91 Å². The number of rotatable bonds is 3. The van der Waals surface area contributed by atoms with Crippen LogP contribution in [-0.4, -0.2) is 38.4 Å². The first-order chi connectivity index (χ1) is 8.27. The maximum Gasteiger partial charge on any atom is 0.252 e. The second-order valence-electron chi connectivity index (χ2n) is 3.76. The molecule has 17 heavy (non-hydrogen) atoms. The molecule has 5 heteroatoms. The molecule has 92 valence electrons. The van der Waals surface area contributed by atoms with Gasteiger partial charge in [-0.2, -0.15) is 0 Å². The fraction of sp³-hybridized carbons (Fsp3) is 0.417. The fourth-order valence-electron chi connectivity index (χ4n) is 1.60. The number of hydrogen-bond acceptors (Lipinski definition) is 3. The molecule has 1 aromatic rings. The van der Waals surface area contributed by atoms with Crippen LogP contribution in [0.2, 0.25) is 0 Å². The molecule has 1 aliphatic heterocycles. The molecular weight excluding hydrogens is 286 g/mol. The topological polar surface area (TPSA) is 47.6 Å². The number of carbonyl (C=O) groups excluding carboxylic acids is 1. The number of nitrogens with one attached hydrogen (secondary N) is 1. The molecule has 0 bridgehead atoms. The number of halogens is 1. The van der Waals surface area contributed by atoms with Gasteiger partial charge in [0.05, 0.1) is 31.5 Å². The summed E-state index contributed by atoms with van der Waals surface area (Å²) in [6.07, 6.45) is -0.0461. The van der Waals surface area contributed by atoms with E-state index in [2.05, 4.69) is 21.2 Å². The highest BCUT2D eigenvalue weighted by atomic mass is 79.9. The molecule has 1 fully saturated rings. The van der Waals surface area contributed by atoms with Crippen molar-refractivity contribution in [3.8, 4) is 0 Å². The maximum absolute atomic E-state index is 11.9. The summed E-state index contributed by atoms with van der Waals surface area (Å²) in [7, 11) is 0. The number of amides is 1. The summed E-state index contributed by atoms with van der Waals surface area (Å²) in [5, 5.41) is 2.84. The third kappa shape index (κ3) is 3.52. The molecule has 1 unspecified atom stereocenters. The first kappa shape index (κ1) is 12.5. The molecule has 0 radical (unpaired) electrons. The zero-order chi connectivity index (χ0) is 12.1.